The molecule has 146 valence electrons. The van der Waals surface area contributed by atoms with Gasteiger partial charge in [-0.2, -0.15) is 0 Å². The summed E-state index contributed by atoms with van der Waals surface area (Å²) < 4.78 is 7.96. The molecule has 0 saturated carbocycles. The number of nitrogens with zero attached hydrogens (tertiary/aromatic N) is 3. The Morgan fingerprint density at radius 3 is 2.59 bits per heavy atom. The van der Waals surface area contributed by atoms with E-state index < -0.39 is 6.09 Å². The Bertz CT molecular complexity index is 957. The molecule has 0 atom stereocenters. The first-order chi connectivity index (χ1) is 12.9. The molecule has 1 aliphatic heterocycles. The zero-order valence-corrected chi connectivity index (χ0v) is 15.5. The number of aromatic nitrogens is 2. The predicted molar refractivity (Wildman–Crippen MR) is 101 cm³/mol. The molecule has 2 N–H and O–H groups in total. The highest BCUT2D eigenvalue weighted by molar-refractivity contribution is 5.79. The summed E-state index contributed by atoms with van der Waals surface area (Å²) in [5.74, 6) is 0.587. The molecular formula is C18H24N4O5. The standard InChI is InChI=1S/C18H24N4O5/c1-20-16(23)14-4-3-13(27-2)11-15(14)22(18(20)26)10-9-21-7-5-12(6-8-21)19-17(24)25/h3-4,11-12,19H,5-10H2,1-2H3,(H,24,25). The summed E-state index contributed by atoms with van der Waals surface area (Å²) in [6.45, 7) is 2.59. The van der Waals surface area contributed by atoms with Crippen molar-refractivity contribution in [2.75, 3.05) is 26.7 Å². The lowest BCUT2D eigenvalue weighted by Gasteiger charge is -2.31. The first kappa shape index (κ1) is 19.0. The zero-order valence-electron chi connectivity index (χ0n) is 15.5. The number of rotatable bonds is 5. The topological polar surface area (TPSA) is 106 Å². The smallest absolute Gasteiger partial charge is 0.404 e. The van der Waals surface area contributed by atoms with Crippen LogP contribution in [-0.4, -0.2) is 58.0 Å². The van der Waals surface area contributed by atoms with Crippen LogP contribution in [-0.2, 0) is 13.6 Å². The third kappa shape index (κ3) is 3.97. The third-order valence-corrected chi connectivity index (χ3v) is 5.10. The van der Waals surface area contributed by atoms with Gasteiger partial charge in [0.25, 0.3) is 5.56 Å². The Morgan fingerprint density at radius 1 is 1.26 bits per heavy atom. The minimum absolute atomic E-state index is 0.0240. The number of hydrogen-bond acceptors (Lipinski definition) is 5. The lowest BCUT2D eigenvalue weighted by Crippen LogP contribution is -2.46. The van der Waals surface area contributed by atoms with Crippen LogP contribution in [0.3, 0.4) is 0 Å². The van der Waals surface area contributed by atoms with Crippen molar-refractivity contribution < 1.29 is 14.6 Å². The minimum Gasteiger partial charge on any atom is -0.497 e. The molecule has 1 aromatic carbocycles. The number of likely N-dealkylation sites (tertiary alicyclic amines) is 1. The maximum absolute atomic E-state index is 12.6. The Hall–Kier alpha value is -2.81. The van der Waals surface area contributed by atoms with E-state index >= 15 is 0 Å². The SMILES string of the molecule is COc1ccc2c(=O)n(C)c(=O)n(CCN3CCC(NC(=O)O)CC3)c2c1. The number of methoxy groups -OCH3 is 1. The quantitative estimate of drug-likeness (QED) is 0.784. The van der Waals surface area contributed by atoms with Crippen LogP contribution in [0.25, 0.3) is 10.9 Å². The summed E-state index contributed by atoms with van der Waals surface area (Å²) in [5.41, 5.74) is -0.123. The van der Waals surface area contributed by atoms with Gasteiger partial charge in [-0.05, 0) is 25.0 Å². The number of fused-ring (bicyclic) bond motifs is 1. The maximum Gasteiger partial charge on any atom is 0.404 e. The van der Waals surface area contributed by atoms with E-state index in [2.05, 4.69) is 10.2 Å². The number of piperidine rings is 1. The lowest BCUT2D eigenvalue weighted by molar-refractivity contribution is 0.166. The molecule has 0 spiro atoms. The maximum atomic E-state index is 12.6. The van der Waals surface area contributed by atoms with Crippen LogP contribution in [0.5, 0.6) is 5.75 Å². The van der Waals surface area contributed by atoms with Gasteiger partial charge in [-0.1, -0.05) is 0 Å². The van der Waals surface area contributed by atoms with E-state index in [9.17, 15) is 14.4 Å². The molecule has 9 heteroatoms. The Balaban J connectivity index is 1.80. The second-order valence-electron chi connectivity index (χ2n) is 6.75. The summed E-state index contributed by atoms with van der Waals surface area (Å²) in [4.78, 5) is 37.9. The molecule has 2 aromatic rings. The average molecular weight is 376 g/mol. The molecular weight excluding hydrogens is 352 g/mol. The molecule has 3 rings (SSSR count). The van der Waals surface area contributed by atoms with E-state index in [1.54, 1.807) is 29.9 Å². The van der Waals surface area contributed by atoms with Crippen molar-refractivity contribution in [3.63, 3.8) is 0 Å². The van der Waals surface area contributed by atoms with Crippen molar-refractivity contribution >= 4 is 17.0 Å². The van der Waals surface area contributed by atoms with Crippen LogP contribution in [0, 0.1) is 0 Å². The van der Waals surface area contributed by atoms with Gasteiger partial charge >= 0.3 is 11.8 Å². The van der Waals surface area contributed by atoms with Crippen molar-refractivity contribution in [2.24, 2.45) is 7.05 Å². The highest BCUT2D eigenvalue weighted by Gasteiger charge is 2.21. The van der Waals surface area contributed by atoms with Crippen LogP contribution in [0.4, 0.5) is 4.79 Å². The molecule has 9 nitrogen and oxygen atoms in total. The summed E-state index contributed by atoms with van der Waals surface area (Å²) in [5, 5.41) is 11.8. The highest BCUT2D eigenvalue weighted by atomic mass is 16.5. The van der Waals surface area contributed by atoms with Gasteiger partial charge in [-0.25, -0.2) is 9.59 Å². The highest BCUT2D eigenvalue weighted by Crippen LogP contribution is 2.17. The largest absolute Gasteiger partial charge is 0.497 e. The van der Waals surface area contributed by atoms with Crippen LogP contribution in [0.15, 0.2) is 27.8 Å². The molecule has 1 aromatic heterocycles. The predicted octanol–water partition coefficient (Wildman–Crippen LogP) is 0.441. The number of hydrogen-bond donors (Lipinski definition) is 2. The molecule has 0 aliphatic carbocycles. The molecule has 0 radical (unpaired) electrons. The van der Waals surface area contributed by atoms with Gasteiger partial charge in [0, 0.05) is 45.3 Å². The average Bonchev–Trinajstić information content (AvgIpc) is 2.66. The Labute approximate surface area is 155 Å². The van der Waals surface area contributed by atoms with E-state index in [-0.39, 0.29) is 17.3 Å². The van der Waals surface area contributed by atoms with E-state index in [0.717, 1.165) is 30.5 Å². The van der Waals surface area contributed by atoms with Crippen LogP contribution in [0.1, 0.15) is 12.8 Å². The van der Waals surface area contributed by atoms with Gasteiger partial charge in [-0.3, -0.25) is 13.9 Å². The number of ether oxygens (including phenoxy) is 1. The second-order valence-corrected chi connectivity index (χ2v) is 6.75. The fourth-order valence-corrected chi connectivity index (χ4v) is 3.53. The minimum atomic E-state index is -0.995. The Kier molecular flexibility index (Phi) is 5.50. The van der Waals surface area contributed by atoms with E-state index in [1.807, 2.05) is 0 Å². The monoisotopic (exact) mass is 376 g/mol. The molecule has 1 aliphatic rings. The van der Waals surface area contributed by atoms with Crippen molar-refractivity contribution in [3.8, 4) is 5.75 Å². The van der Waals surface area contributed by atoms with Crippen LogP contribution in [0.2, 0.25) is 0 Å². The first-order valence-electron chi connectivity index (χ1n) is 8.90. The summed E-state index contributed by atoms with van der Waals surface area (Å²) in [6, 6.07) is 5.07. The number of carboxylic acid groups (broad SMARTS) is 1. The molecule has 0 unspecified atom stereocenters. The van der Waals surface area contributed by atoms with Gasteiger partial charge < -0.3 is 20.1 Å². The van der Waals surface area contributed by atoms with E-state index in [1.165, 1.54) is 7.05 Å². The van der Waals surface area contributed by atoms with Crippen molar-refractivity contribution in [1.29, 1.82) is 0 Å². The second kappa shape index (κ2) is 7.83. The summed E-state index contributed by atoms with van der Waals surface area (Å²) in [6.07, 6.45) is 0.483. The first-order valence-corrected chi connectivity index (χ1v) is 8.90. The molecule has 1 saturated heterocycles. The molecule has 27 heavy (non-hydrogen) atoms. The van der Waals surface area contributed by atoms with Crippen LogP contribution >= 0.6 is 0 Å². The number of benzene rings is 1. The number of nitrogens with one attached hydrogen (secondary N) is 1. The molecule has 2 heterocycles. The third-order valence-electron chi connectivity index (χ3n) is 5.10. The number of carbonyl (C=O) groups is 1. The molecule has 1 amide bonds. The summed E-state index contributed by atoms with van der Waals surface area (Å²) >= 11 is 0. The molecule has 1 fully saturated rings. The van der Waals surface area contributed by atoms with Crippen LogP contribution < -0.4 is 21.3 Å². The molecule has 0 bridgehead atoms. The van der Waals surface area contributed by atoms with E-state index in [0.29, 0.717) is 29.7 Å². The van der Waals surface area contributed by atoms with Crippen molar-refractivity contribution in [2.45, 2.75) is 25.4 Å². The fourth-order valence-electron chi connectivity index (χ4n) is 3.53. The zero-order chi connectivity index (χ0) is 19.6. The van der Waals surface area contributed by atoms with Crippen molar-refractivity contribution in [1.82, 2.24) is 19.4 Å². The number of amides is 1. The summed E-state index contributed by atoms with van der Waals surface area (Å²) in [7, 11) is 3.02. The van der Waals surface area contributed by atoms with Gasteiger partial charge in [-0.15, -0.1) is 0 Å². The Morgan fingerprint density at radius 2 is 1.96 bits per heavy atom. The van der Waals surface area contributed by atoms with Gasteiger partial charge in [0.15, 0.2) is 0 Å². The van der Waals surface area contributed by atoms with Gasteiger partial charge in [0.1, 0.15) is 5.75 Å². The van der Waals surface area contributed by atoms with Gasteiger partial charge in [0.05, 0.1) is 18.0 Å². The fraction of sp³-hybridized carbons (Fsp3) is 0.500. The van der Waals surface area contributed by atoms with Crippen molar-refractivity contribution in [3.05, 3.63) is 39.0 Å². The normalized spacial score (nSPS) is 15.8. The van der Waals surface area contributed by atoms with E-state index in [4.69, 9.17) is 9.84 Å². The van der Waals surface area contributed by atoms with Gasteiger partial charge in [0.2, 0.25) is 0 Å². The lowest BCUT2D eigenvalue weighted by atomic mass is 10.1.